The lowest BCUT2D eigenvalue weighted by molar-refractivity contribution is -0.140. The van der Waals surface area contributed by atoms with Crippen LogP contribution in [-0.4, -0.2) is 49.3 Å². The third-order valence-electron chi connectivity index (χ3n) is 3.46. The topological polar surface area (TPSA) is 38.8 Å². The number of carbonyl (C=O) groups is 1. The lowest BCUT2D eigenvalue weighted by Crippen LogP contribution is -2.44. The van der Waals surface area contributed by atoms with Gasteiger partial charge >= 0.3 is 0 Å². The standard InChI is InChI=1S/C10H15NO3/c12-10(7-1-2-13-5-7)11-4-9-3-8(11)6-14-9/h7-9H,1-6H2/t7-,8-,9+/m0/s1. The Hall–Kier alpha value is -0.610. The van der Waals surface area contributed by atoms with Crippen molar-refractivity contribution in [1.82, 2.24) is 4.90 Å². The fourth-order valence-electron chi connectivity index (χ4n) is 2.63. The van der Waals surface area contributed by atoms with E-state index in [0.717, 1.165) is 32.6 Å². The number of hydrogen-bond acceptors (Lipinski definition) is 3. The smallest absolute Gasteiger partial charge is 0.228 e. The maximum absolute atomic E-state index is 12.0. The monoisotopic (exact) mass is 197 g/mol. The molecule has 3 saturated heterocycles. The zero-order chi connectivity index (χ0) is 9.54. The number of likely N-dealkylation sites (tertiary alicyclic amines) is 1. The van der Waals surface area contributed by atoms with Gasteiger partial charge < -0.3 is 14.4 Å². The van der Waals surface area contributed by atoms with Gasteiger partial charge in [-0.05, 0) is 12.8 Å². The van der Waals surface area contributed by atoms with E-state index in [0.29, 0.717) is 24.7 Å². The molecule has 0 aromatic heterocycles. The van der Waals surface area contributed by atoms with E-state index in [1.165, 1.54) is 0 Å². The molecule has 0 aromatic rings. The summed E-state index contributed by atoms with van der Waals surface area (Å²) in [5, 5.41) is 0. The SMILES string of the molecule is O=C([C@H]1CCOC1)N1C[C@H]2C[C@H]1CO2. The largest absolute Gasteiger partial charge is 0.381 e. The first-order valence-electron chi connectivity index (χ1n) is 5.34. The molecular formula is C10H15NO3. The zero-order valence-electron chi connectivity index (χ0n) is 8.15. The second kappa shape index (κ2) is 3.21. The van der Waals surface area contributed by atoms with Crippen molar-refractivity contribution in [3.05, 3.63) is 0 Å². The molecule has 3 aliphatic heterocycles. The molecule has 4 nitrogen and oxygen atoms in total. The molecule has 0 saturated carbocycles. The first-order valence-corrected chi connectivity index (χ1v) is 5.34. The van der Waals surface area contributed by atoms with Crippen LogP contribution in [0.25, 0.3) is 0 Å². The lowest BCUT2D eigenvalue weighted by atomic mass is 10.1. The van der Waals surface area contributed by atoms with Gasteiger partial charge in [-0.1, -0.05) is 0 Å². The molecule has 2 bridgehead atoms. The maximum atomic E-state index is 12.0. The summed E-state index contributed by atoms with van der Waals surface area (Å²) in [4.78, 5) is 14.0. The summed E-state index contributed by atoms with van der Waals surface area (Å²) < 4.78 is 10.7. The van der Waals surface area contributed by atoms with Crippen LogP contribution < -0.4 is 0 Å². The Labute approximate surface area is 83.2 Å². The van der Waals surface area contributed by atoms with Crippen molar-refractivity contribution < 1.29 is 14.3 Å². The quantitative estimate of drug-likeness (QED) is 0.595. The number of nitrogens with zero attached hydrogens (tertiary/aromatic N) is 1. The highest BCUT2D eigenvalue weighted by Crippen LogP contribution is 2.30. The van der Waals surface area contributed by atoms with E-state index in [-0.39, 0.29) is 5.92 Å². The van der Waals surface area contributed by atoms with Gasteiger partial charge in [0.1, 0.15) is 0 Å². The van der Waals surface area contributed by atoms with Gasteiger partial charge in [-0.15, -0.1) is 0 Å². The Morgan fingerprint density at radius 3 is 2.86 bits per heavy atom. The Bertz CT molecular complexity index is 250. The summed E-state index contributed by atoms with van der Waals surface area (Å²) >= 11 is 0. The summed E-state index contributed by atoms with van der Waals surface area (Å²) in [7, 11) is 0. The average Bonchev–Trinajstić information content (AvgIpc) is 2.93. The highest BCUT2D eigenvalue weighted by Gasteiger charge is 2.43. The summed E-state index contributed by atoms with van der Waals surface area (Å²) in [5.41, 5.74) is 0. The fraction of sp³-hybridized carbons (Fsp3) is 0.900. The third kappa shape index (κ3) is 1.25. The molecule has 4 heteroatoms. The number of ether oxygens (including phenoxy) is 2. The fourth-order valence-corrected chi connectivity index (χ4v) is 2.63. The van der Waals surface area contributed by atoms with Crippen LogP contribution in [0.4, 0.5) is 0 Å². The molecule has 3 aliphatic rings. The molecule has 0 N–H and O–H groups in total. The molecule has 3 fully saturated rings. The molecule has 0 spiro atoms. The van der Waals surface area contributed by atoms with Crippen LogP contribution in [0.2, 0.25) is 0 Å². The predicted molar refractivity (Wildman–Crippen MR) is 48.8 cm³/mol. The highest BCUT2D eigenvalue weighted by atomic mass is 16.5. The molecule has 3 atom stereocenters. The second-order valence-corrected chi connectivity index (χ2v) is 4.40. The first-order chi connectivity index (χ1) is 6.84. The molecule has 0 aliphatic carbocycles. The number of morpholine rings is 1. The van der Waals surface area contributed by atoms with Crippen molar-refractivity contribution in [2.75, 3.05) is 26.4 Å². The van der Waals surface area contributed by atoms with E-state index < -0.39 is 0 Å². The van der Waals surface area contributed by atoms with E-state index >= 15 is 0 Å². The molecular weight excluding hydrogens is 182 g/mol. The van der Waals surface area contributed by atoms with E-state index in [1.54, 1.807) is 0 Å². The normalized spacial score (nSPS) is 40.9. The van der Waals surface area contributed by atoms with Gasteiger partial charge in [-0.25, -0.2) is 0 Å². The number of rotatable bonds is 1. The van der Waals surface area contributed by atoms with Crippen LogP contribution in [0.1, 0.15) is 12.8 Å². The van der Waals surface area contributed by atoms with Crippen molar-refractivity contribution in [2.45, 2.75) is 25.0 Å². The summed E-state index contributed by atoms with van der Waals surface area (Å²) in [5.74, 6) is 0.410. The second-order valence-electron chi connectivity index (χ2n) is 4.40. The van der Waals surface area contributed by atoms with Gasteiger partial charge in [0.2, 0.25) is 5.91 Å². The van der Waals surface area contributed by atoms with Crippen LogP contribution in [0.5, 0.6) is 0 Å². The van der Waals surface area contributed by atoms with Crippen molar-refractivity contribution in [3.63, 3.8) is 0 Å². The van der Waals surface area contributed by atoms with Gasteiger partial charge in [0.05, 0.1) is 31.3 Å². The minimum Gasteiger partial charge on any atom is -0.381 e. The summed E-state index contributed by atoms with van der Waals surface area (Å²) in [6.07, 6.45) is 2.25. The summed E-state index contributed by atoms with van der Waals surface area (Å²) in [6.45, 7) is 2.91. The number of amides is 1. The molecule has 1 amide bonds. The third-order valence-corrected chi connectivity index (χ3v) is 3.46. The Morgan fingerprint density at radius 2 is 2.29 bits per heavy atom. The molecule has 3 heterocycles. The van der Waals surface area contributed by atoms with Gasteiger partial charge in [0, 0.05) is 13.2 Å². The first kappa shape index (κ1) is 8.68. The number of hydrogen-bond donors (Lipinski definition) is 0. The molecule has 0 radical (unpaired) electrons. The minimum absolute atomic E-state index is 0.120. The van der Waals surface area contributed by atoms with E-state index in [9.17, 15) is 4.79 Å². The number of fused-ring (bicyclic) bond motifs is 2. The Balaban J connectivity index is 1.67. The molecule has 0 unspecified atom stereocenters. The van der Waals surface area contributed by atoms with Gasteiger partial charge in [0.15, 0.2) is 0 Å². The highest BCUT2D eigenvalue weighted by molar-refractivity contribution is 5.80. The van der Waals surface area contributed by atoms with Crippen molar-refractivity contribution >= 4 is 5.91 Å². The lowest BCUT2D eigenvalue weighted by Gasteiger charge is -2.28. The summed E-state index contributed by atoms with van der Waals surface area (Å²) in [6, 6.07) is 0.355. The average molecular weight is 197 g/mol. The minimum atomic E-state index is 0.120. The molecule has 3 rings (SSSR count). The van der Waals surface area contributed by atoms with E-state index in [2.05, 4.69) is 0 Å². The van der Waals surface area contributed by atoms with E-state index in [1.807, 2.05) is 4.90 Å². The van der Waals surface area contributed by atoms with Crippen molar-refractivity contribution in [2.24, 2.45) is 5.92 Å². The predicted octanol–water partition coefficient (Wildman–Crippen LogP) is 0.0226. The van der Waals surface area contributed by atoms with Crippen molar-refractivity contribution in [3.8, 4) is 0 Å². The molecule has 14 heavy (non-hydrogen) atoms. The number of carbonyl (C=O) groups excluding carboxylic acids is 1. The van der Waals surface area contributed by atoms with Crippen LogP contribution in [0.3, 0.4) is 0 Å². The van der Waals surface area contributed by atoms with Crippen molar-refractivity contribution in [1.29, 1.82) is 0 Å². The molecule has 0 aromatic carbocycles. The van der Waals surface area contributed by atoms with Gasteiger partial charge in [-0.3, -0.25) is 4.79 Å². The van der Waals surface area contributed by atoms with E-state index in [4.69, 9.17) is 9.47 Å². The van der Waals surface area contributed by atoms with Crippen LogP contribution in [0, 0.1) is 5.92 Å². The van der Waals surface area contributed by atoms with Gasteiger partial charge in [-0.2, -0.15) is 0 Å². The maximum Gasteiger partial charge on any atom is 0.228 e. The van der Waals surface area contributed by atoms with Crippen LogP contribution in [0.15, 0.2) is 0 Å². The Kier molecular flexibility index (Phi) is 1.99. The van der Waals surface area contributed by atoms with Crippen LogP contribution >= 0.6 is 0 Å². The van der Waals surface area contributed by atoms with Crippen LogP contribution in [-0.2, 0) is 14.3 Å². The Morgan fingerprint density at radius 1 is 1.36 bits per heavy atom. The zero-order valence-corrected chi connectivity index (χ0v) is 8.15. The molecule has 78 valence electrons. The van der Waals surface area contributed by atoms with Gasteiger partial charge in [0.25, 0.3) is 0 Å².